The molecule has 1 fully saturated rings. The molecule has 0 spiro atoms. The second-order valence-corrected chi connectivity index (χ2v) is 6.12. The summed E-state index contributed by atoms with van der Waals surface area (Å²) >= 11 is 0. The lowest BCUT2D eigenvalue weighted by Gasteiger charge is -2.41. The van der Waals surface area contributed by atoms with E-state index in [4.69, 9.17) is 0 Å². The Balaban J connectivity index is 1.79. The van der Waals surface area contributed by atoms with E-state index < -0.39 is 0 Å². The van der Waals surface area contributed by atoms with Crippen molar-refractivity contribution in [3.63, 3.8) is 0 Å². The van der Waals surface area contributed by atoms with Crippen LogP contribution in [0.4, 0.5) is 5.69 Å². The van der Waals surface area contributed by atoms with Crippen LogP contribution in [0.1, 0.15) is 30.4 Å². The molecule has 2 nitrogen and oxygen atoms in total. The molecule has 0 aromatic heterocycles. The molecule has 0 N–H and O–H groups in total. The molecule has 18 heavy (non-hydrogen) atoms. The summed E-state index contributed by atoms with van der Waals surface area (Å²) in [7, 11) is 0. The van der Waals surface area contributed by atoms with E-state index in [9.17, 15) is 0 Å². The van der Waals surface area contributed by atoms with Crippen LogP contribution in [0, 0.1) is 5.92 Å². The molecule has 2 heteroatoms. The molecule has 3 heterocycles. The van der Waals surface area contributed by atoms with Crippen LogP contribution >= 0.6 is 0 Å². The molecule has 2 atom stereocenters. The fourth-order valence-corrected chi connectivity index (χ4v) is 4.29. The molecule has 1 saturated heterocycles. The Morgan fingerprint density at radius 1 is 1.22 bits per heavy atom. The van der Waals surface area contributed by atoms with E-state index in [1.807, 2.05) is 0 Å². The molecule has 1 aromatic rings. The van der Waals surface area contributed by atoms with Crippen LogP contribution < -0.4 is 4.90 Å². The van der Waals surface area contributed by atoms with Crippen molar-refractivity contribution in [1.82, 2.24) is 4.90 Å². The lowest BCUT2D eigenvalue weighted by Crippen LogP contribution is -2.40. The Kier molecular flexibility index (Phi) is 2.41. The fourth-order valence-electron chi connectivity index (χ4n) is 4.29. The van der Waals surface area contributed by atoms with Crippen molar-refractivity contribution in [3.8, 4) is 0 Å². The van der Waals surface area contributed by atoms with E-state index in [1.165, 1.54) is 45.6 Å². The summed E-state index contributed by atoms with van der Waals surface area (Å²) in [4.78, 5) is 5.31. The zero-order valence-electron chi connectivity index (χ0n) is 11.2. The van der Waals surface area contributed by atoms with Crippen molar-refractivity contribution in [1.29, 1.82) is 0 Å². The third kappa shape index (κ3) is 1.45. The number of anilines is 1. The average Bonchev–Trinajstić information content (AvgIpc) is 2.83. The van der Waals surface area contributed by atoms with Gasteiger partial charge < -0.3 is 9.80 Å². The van der Waals surface area contributed by atoms with Crippen molar-refractivity contribution < 1.29 is 0 Å². The predicted molar refractivity (Wildman–Crippen MR) is 75.3 cm³/mol. The number of hydrogen-bond donors (Lipinski definition) is 0. The van der Waals surface area contributed by atoms with E-state index in [2.05, 4.69) is 34.9 Å². The van der Waals surface area contributed by atoms with E-state index in [-0.39, 0.29) is 0 Å². The molecule has 0 amide bonds. The maximum Gasteiger partial charge on any atom is 0.0434 e. The Labute approximate surface area is 110 Å². The first-order valence-corrected chi connectivity index (χ1v) is 7.46. The number of nitrogens with zero attached hydrogens (tertiary/aromatic N) is 2. The van der Waals surface area contributed by atoms with Crippen molar-refractivity contribution in [2.24, 2.45) is 5.92 Å². The third-order valence-corrected chi connectivity index (χ3v) is 5.16. The van der Waals surface area contributed by atoms with Gasteiger partial charge in [0.25, 0.3) is 0 Å². The van der Waals surface area contributed by atoms with Gasteiger partial charge in [0.15, 0.2) is 0 Å². The SMILES string of the molecule is CCN1C[C@@H]2CN3CCCc4cccc(c43)[C@@H]2C1. The van der Waals surface area contributed by atoms with Gasteiger partial charge in [-0.3, -0.25) is 0 Å². The van der Waals surface area contributed by atoms with Gasteiger partial charge in [-0.2, -0.15) is 0 Å². The molecular formula is C16H22N2. The molecule has 0 aliphatic carbocycles. The molecule has 0 unspecified atom stereocenters. The number of likely N-dealkylation sites (N-methyl/N-ethyl adjacent to an activating group) is 1. The summed E-state index contributed by atoms with van der Waals surface area (Å²) in [5, 5.41) is 0. The van der Waals surface area contributed by atoms with Crippen LogP contribution in [-0.4, -0.2) is 37.6 Å². The largest absolute Gasteiger partial charge is 0.371 e. The highest BCUT2D eigenvalue weighted by Gasteiger charge is 2.40. The monoisotopic (exact) mass is 242 g/mol. The molecule has 4 rings (SSSR count). The quantitative estimate of drug-likeness (QED) is 0.746. The van der Waals surface area contributed by atoms with E-state index in [1.54, 1.807) is 16.8 Å². The number of benzene rings is 1. The maximum atomic E-state index is 2.68. The topological polar surface area (TPSA) is 6.48 Å². The summed E-state index contributed by atoms with van der Waals surface area (Å²) in [6.07, 6.45) is 2.62. The zero-order valence-corrected chi connectivity index (χ0v) is 11.2. The Bertz CT molecular complexity index is 468. The number of hydrogen-bond acceptors (Lipinski definition) is 2. The Hall–Kier alpha value is -1.02. The highest BCUT2D eigenvalue weighted by atomic mass is 15.2. The van der Waals surface area contributed by atoms with Gasteiger partial charge in [0.2, 0.25) is 0 Å². The van der Waals surface area contributed by atoms with Gasteiger partial charge in [-0.1, -0.05) is 25.1 Å². The van der Waals surface area contributed by atoms with Crippen molar-refractivity contribution >= 4 is 5.69 Å². The van der Waals surface area contributed by atoms with Crippen molar-refractivity contribution in [3.05, 3.63) is 29.3 Å². The second kappa shape index (κ2) is 3.99. The van der Waals surface area contributed by atoms with Crippen LogP contribution in [-0.2, 0) is 6.42 Å². The van der Waals surface area contributed by atoms with Crippen LogP contribution in [0.2, 0.25) is 0 Å². The summed E-state index contributed by atoms with van der Waals surface area (Å²) in [6, 6.07) is 7.03. The molecular weight excluding hydrogens is 220 g/mol. The lowest BCUT2D eigenvalue weighted by molar-refractivity contribution is 0.342. The summed E-state index contributed by atoms with van der Waals surface area (Å²) in [5.41, 5.74) is 4.87. The summed E-state index contributed by atoms with van der Waals surface area (Å²) < 4.78 is 0. The van der Waals surface area contributed by atoms with E-state index in [0.717, 1.165) is 11.8 Å². The molecule has 0 radical (unpaired) electrons. The molecule has 3 aliphatic rings. The number of rotatable bonds is 1. The van der Waals surface area contributed by atoms with Crippen LogP contribution in [0.5, 0.6) is 0 Å². The van der Waals surface area contributed by atoms with Crippen LogP contribution in [0.15, 0.2) is 18.2 Å². The Morgan fingerprint density at radius 2 is 2.17 bits per heavy atom. The molecule has 3 aliphatic heterocycles. The maximum absolute atomic E-state index is 2.68. The van der Waals surface area contributed by atoms with Gasteiger partial charge >= 0.3 is 0 Å². The highest BCUT2D eigenvalue weighted by molar-refractivity contribution is 5.64. The van der Waals surface area contributed by atoms with E-state index in [0.29, 0.717) is 0 Å². The zero-order chi connectivity index (χ0) is 12.1. The molecule has 0 saturated carbocycles. The fraction of sp³-hybridized carbons (Fsp3) is 0.625. The molecule has 96 valence electrons. The standard InChI is InChI=1S/C16H22N2/c1-2-17-9-13-10-18-8-4-6-12-5-3-7-14(16(12)18)15(13)11-17/h3,5,7,13,15H,2,4,6,8-11H2,1H3/t13-,15-/m1/s1. The molecule has 0 bridgehead atoms. The smallest absolute Gasteiger partial charge is 0.0434 e. The number of fused-ring (bicyclic) bond motifs is 2. The van der Waals surface area contributed by atoms with Gasteiger partial charge in [-0.05, 0) is 36.4 Å². The molecule has 1 aromatic carbocycles. The van der Waals surface area contributed by atoms with Gasteiger partial charge in [0.1, 0.15) is 0 Å². The van der Waals surface area contributed by atoms with Gasteiger partial charge in [0.05, 0.1) is 0 Å². The van der Waals surface area contributed by atoms with Crippen molar-refractivity contribution in [2.45, 2.75) is 25.7 Å². The number of aryl methyl sites for hydroxylation is 1. The lowest BCUT2D eigenvalue weighted by atomic mass is 9.80. The predicted octanol–water partition coefficient (Wildman–Crippen LogP) is 2.49. The third-order valence-electron chi connectivity index (χ3n) is 5.16. The van der Waals surface area contributed by atoms with Crippen LogP contribution in [0.25, 0.3) is 0 Å². The van der Waals surface area contributed by atoms with Crippen LogP contribution in [0.3, 0.4) is 0 Å². The van der Waals surface area contributed by atoms with Gasteiger partial charge in [-0.25, -0.2) is 0 Å². The summed E-state index contributed by atoms with van der Waals surface area (Å²) in [6.45, 7) is 8.67. The first kappa shape index (κ1) is 10.9. The van der Waals surface area contributed by atoms with Crippen molar-refractivity contribution in [2.75, 3.05) is 37.6 Å². The normalized spacial score (nSPS) is 30.2. The number of likely N-dealkylation sites (tertiary alicyclic amines) is 1. The first-order chi connectivity index (χ1) is 8.86. The van der Waals surface area contributed by atoms with Gasteiger partial charge in [0, 0.05) is 37.8 Å². The minimum atomic E-state index is 0.800. The average molecular weight is 242 g/mol. The highest BCUT2D eigenvalue weighted by Crippen LogP contribution is 2.45. The number of para-hydroxylation sites is 1. The Morgan fingerprint density at radius 3 is 3.06 bits per heavy atom. The second-order valence-electron chi connectivity index (χ2n) is 6.12. The van der Waals surface area contributed by atoms with Gasteiger partial charge in [-0.15, -0.1) is 0 Å². The minimum Gasteiger partial charge on any atom is -0.371 e. The minimum absolute atomic E-state index is 0.800. The summed E-state index contributed by atoms with van der Waals surface area (Å²) in [5.74, 6) is 1.67. The van der Waals surface area contributed by atoms with E-state index >= 15 is 0 Å². The first-order valence-electron chi connectivity index (χ1n) is 7.46.